The van der Waals surface area contributed by atoms with E-state index in [2.05, 4.69) is 30.9 Å². The monoisotopic (exact) mass is 342 g/mol. The number of rotatable bonds is 5. The van der Waals surface area contributed by atoms with E-state index < -0.39 is 0 Å². The molecule has 136 valence electrons. The number of ketones is 1. The van der Waals surface area contributed by atoms with Crippen LogP contribution in [0.5, 0.6) is 5.75 Å². The molecule has 0 bridgehead atoms. The van der Waals surface area contributed by atoms with E-state index in [1.807, 2.05) is 12.1 Å². The molecule has 0 spiro atoms. The van der Waals surface area contributed by atoms with Gasteiger partial charge in [-0.1, -0.05) is 26.0 Å². The van der Waals surface area contributed by atoms with Crippen LogP contribution in [0, 0.1) is 5.41 Å². The molecule has 1 aromatic carbocycles. The Labute approximate surface area is 151 Å². The Kier molecular flexibility index (Phi) is 5.57. The number of ether oxygens (including phenoxy) is 1. The minimum absolute atomic E-state index is 0.0530. The Morgan fingerprint density at radius 3 is 2.44 bits per heavy atom. The summed E-state index contributed by atoms with van der Waals surface area (Å²) < 4.78 is 5.29. The summed E-state index contributed by atoms with van der Waals surface area (Å²) in [6.07, 6.45) is 4.68. The van der Waals surface area contributed by atoms with E-state index in [9.17, 15) is 4.79 Å². The summed E-state index contributed by atoms with van der Waals surface area (Å²) in [7, 11) is 1.70. The molecule has 1 aliphatic heterocycles. The molecule has 0 radical (unpaired) electrons. The Balaban J connectivity index is 1.77. The van der Waals surface area contributed by atoms with E-state index in [4.69, 9.17) is 9.73 Å². The molecule has 1 atom stereocenters. The molecule has 0 N–H and O–H groups in total. The van der Waals surface area contributed by atoms with Crippen LogP contribution in [0.15, 0.2) is 29.3 Å². The molecule has 4 heteroatoms. The van der Waals surface area contributed by atoms with Gasteiger partial charge in [-0.2, -0.15) is 0 Å². The van der Waals surface area contributed by atoms with Crippen LogP contribution in [-0.4, -0.2) is 43.1 Å². The average molecular weight is 342 g/mol. The van der Waals surface area contributed by atoms with Crippen molar-refractivity contribution in [2.24, 2.45) is 10.4 Å². The predicted octanol–water partition coefficient (Wildman–Crippen LogP) is 4.05. The Morgan fingerprint density at radius 2 is 1.84 bits per heavy atom. The molecule has 1 heterocycles. The molecule has 2 fully saturated rings. The highest BCUT2D eigenvalue weighted by Gasteiger charge is 2.31. The minimum atomic E-state index is 0.0530. The number of likely N-dealkylation sites (tertiary alicyclic amines) is 1. The van der Waals surface area contributed by atoms with E-state index in [-0.39, 0.29) is 5.41 Å². The lowest BCUT2D eigenvalue weighted by Crippen LogP contribution is -2.31. The third kappa shape index (κ3) is 4.69. The number of methoxy groups -OCH3 is 1. The van der Waals surface area contributed by atoms with Crippen molar-refractivity contribution in [3.8, 4) is 5.75 Å². The third-order valence-electron chi connectivity index (χ3n) is 5.33. The summed E-state index contributed by atoms with van der Waals surface area (Å²) in [5, 5.41) is 0. The maximum absolute atomic E-state index is 12.0. The largest absolute Gasteiger partial charge is 0.497 e. The minimum Gasteiger partial charge on any atom is -0.497 e. The van der Waals surface area contributed by atoms with Crippen LogP contribution in [0.1, 0.15) is 57.6 Å². The summed E-state index contributed by atoms with van der Waals surface area (Å²) in [6, 6.07) is 8.65. The highest BCUT2D eigenvalue weighted by molar-refractivity contribution is 6.04. The average Bonchev–Trinajstić information content (AvgIpc) is 3.08. The van der Waals surface area contributed by atoms with E-state index in [1.54, 1.807) is 7.11 Å². The van der Waals surface area contributed by atoms with Gasteiger partial charge in [0.1, 0.15) is 11.5 Å². The maximum atomic E-state index is 12.0. The second-order valence-electron chi connectivity index (χ2n) is 8.17. The van der Waals surface area contributed by atoms with Gasteiger partial charge in [0.05, 0.1) is 19.7 Å². The van der Waals surface area contributed by atoms with Crippen molar-refractivity contribution in [1.82, 2.24) is 4.90 Å². The number of nitrogens with zero attached hydrogens (tertiary/aromatic N) is 2. The van der Waals surface area contributed by atoms with E-state index in [0.29, 0.717) is 24.7 Å². The van der Waals surface area contributed by atoms with Gasteiger partial charge in [-0.15, -0.1) is 0 Å². The smallest absolute Gasteiger partial charge is 0.139 e. The van der Waals surface area contributed by atoms with Crippen LogP contribution in [-0.2, 0) is 4.79 Å². The number of hydrogen-bond acceptors (Lipinski definition) is 4. The fourth-order valence-corrected chi connectivity index (χ4v) is 4.14. The standard InChI is InChI=1S/C21H30N2O2/c1-21(2)13-17(12-18(24)14-21)22-15-20(23-10-4-5-11-23)16-6-8-19(25-3)9-7-16/h6-9,20H,4-5,10-15H2,1-3H3/t20-/m1/s1. The first-order valence-corrected chi connectivity index (χ1v) is 9.39. The molecular weight excluding hydrogens is 312 g/mol. The zero-order chi connectivity index (χ0) is 17.9. The molecule has 25 heavy (non-hydrogen) atoms. The summed E-state index contributed by atoms with van der Waals surface area (Å²) >= 11 is 0. The highest BCUT2D eigenvalue weighted by Crippen LogP contribution is 2.33. The van der Waals surface area contributed by atoms with Crippen molar-refractivity contribution >= 4 is 11.5 Å². The Bertz CT molecular complexity index is 628. The molecule has 2 aliphatic rings. The fourth-order valence-electron chi connectivity index (χ4n) is 4.14. The SMILES string of the molecule is COc1ccc([C@@H](CN=C2CC(=O)CC(C)(C)C2)N2CCCC2)cc1. The van der Waals surface area contributed by atoms with Crippen LogP contribution in [0.3, 0.4) is 0 Å². The lowest BCUT2D eigenvalue weighted by molar-refractivity contribution is -0.120. The number of hydrogen-bond donors (Lipinski definition) is 0. The zero-order valence-electron chi connectivity index (χ0n) is 15.8. The van der Waals surface area contributed by atoms with Gasteiger partial charge in [0, 0.05) is 18.6 Å². The third-order valence-corrected chi connectivity index (χ3v) is 5.33. The van der Waals surface area contributed by atoms with Gasteiger partial charge in [-0.25, -0.2) is 0 Å². The molecule has 1 aromatic rings. The molecule has 0 unspecified atom stereocenters. The number of aliphatic imine (C=N–C) groups is 1. The number of carbonyl (C=O) groups excluding carboxylic acids is 1. The lowest BCUT2D eigenvalue weighted by Gasteiger charge is -2.31. The van der Waals surface area contributed by atoms with Crippen molar-refractivity contribution in [2.45, 2.75) is 52.0 Å². The van der Waals surface area contributed by atoms with Gasteiger partial charge in [0.2, 0.25) is 0 Å². The second kappa shape index (κ2) is 7.69. The van der Waals surface area contributed by atoms with Gasteiger partial charge >= 0.3 is 0 Å². The first-order chi connectivity index (χ1) is 12.0. The summed E-state index contributed by atoms with van der Waals surface area (Å²) in [4.78, 5) is 19.5. The summed E-state index contributed by atoms with van der Waals surface area (Å²) in [5.41, 5.74) is 2.42. The van der Waals surface area contributed by atoms with Crippen LogP contribution >= 0.6 is 0 Å². The quantitative estimate of drug-likeness (QED) is 0.810. The first kappa shape index (κ1) is 18.1. The predicted molar refractivity (Wildman–Crippen MR) is 101 cm³/mol. The summed E-state index contributed by atoms with van der Waals surface area (Å²) in [6.45, 7) is 7.34. The van der Waals surface area contributed by atoms with Gasteiger partial charge in [-0.3, -0.25) is 14.7 Å². The maximum Gasteiger partial charge on any atom is 0.139 e. The van der Waals surface area contributed by atoms with Gasteiger partial charge in [-0.05, 0) is 55.5 Å². The van der Waals surface area contributed by atoms with Gasteiger partial charge in [0.25, 0.3) is 0 Å². The summed E-state index contributed by atoms with van der Waals surface area (Å²) in [5.74, 6) is 1.21. The lowest BCUT2D eigenvalue weighted by atomic mass is 9.76. The number of carbonyl (C=O) groups is 1. The van der Waals surface area contributed by atoms with Crippen LogP contribution < -0.4 is 4.74 Å². The van der Waals surface area contributed by atoms with Crippen molar-refractivity contribution < 1.29 is 9.53 Å². The Morgan fingerprint density at radius 1 is 1.16 bits per heavy atom. The molecule has 3 rings (SSSR count). The molecule has 4 nitrogen and oxygen atoms in total. The van der Waals surface area contributed by atoms with Crippen LogP contribution in [0.2, 0.25) is 0 Å². The molecule has 1 aliphatic carbocycles. The van der Waals surface area contributed by atoms with E-state index in [0.717, 1.165) is 37.5 Å². The van der Waals surface area contributed by atoms with Crippen molar-refractivity contribution in [2.75, 3.05) is 26.7 Å². The highest BCUT2D eigenvalue weighted by atomic mass is 16.5. The Hall–Kier alpha value is -1.68. The second-order valence-corrected chi connectivity index (χ2v) is 8.17. The van der Waals surface area contributed by atoms with E-state index in [1.165, 1.54) is 18.4 Å². The van der Waals surface area contributed by atoms with Crippen molar-refractivity contribution in [3.05, 3.63) is 29.8 Å². The van der Waals surface area contributed by atoms with Crippen LogP contribution in [0.25, 0.3) is 0 Å². The normalized spacial score (nSPS) is 23.8. The fraction of sp³-hybridized carbons (Fsp3) is 0.619. The molecular formula is C21H30N2O2. The molecule has 0 aromatic heterocycles. The number of Topliss-reactive ketones (excluding diaryl/α,β-unsaturated/α-hetero) is 1. The molecule has 1 saturated carbocycles. The van der Waals surface area contributed by atoms with Crippen molar-refractivity contribution in [3.63, 3.8) is 0 Å². The van der Waals surface area contributed by atoms with Crippen LogP contribution in [0.4, 0.5) is 0 Å². The topological polar surface area (TPSA) is 41.9 Å². The number of benzene rings is 1. The molecule has 0 amide bonds. The first-order valence-electron chi connectivity index (χ1n) is 9.39. The molecule has 1 saturated heterocycles. The zero-order valence-corrected chi connectivity index (χ0v) is 15.8. The van der Waals surface area contributed by atoms with Gasteiger partial charge in [0.15, 0.2) is 0 Å². The van der Waals surface area contributed by atoms with E-state index >= 15 is 0 Å². The van der Waals surface area contributed by atoms with Gasteiger partial charge < -0.3 is 4.74 Å². The van der Waals surface area contributed by atoms with Crippen molar-refractivity contribution in [1.29, 1.82) is 0 Å².